The van der Waals surface area contributed by atoms with Crippen molar-refractivity contribution in [1.29, 1.82) is 0 Å². The van der Waals surface area contributed by atoms with Gasteiger partial charge in [-0.15, -0.1) is 0 Å². The lowest BCUT2D eigenvalue weighted by molar-refractivity contribution is 0.199. The van der Waals surface area contributed by atoms with Gasteiger partial charge in [-0.1, -0.05) is 29.3 Å². The number of rotatable bonds is 6. The van der Waals surface area contributed by atoms with Crippen molar-refractivity contribution in [1.82, 2.24) is 14.9 Å². The number of nitrogens with zero attached hydrogens (tertiary/aromatic N) is 4. The standard InChI is InChI=1S/C23H30Cl2FN5/c1-16-15-30(11-12-31(16)21-4-2-3-20(24)22(21)25)10-9-17-5-7-19(8-6-17)29-23-27-13-18(26)14-28-23/h2-4,13-14,16-17,19H,5-12,15H2,1H3,(H,27,28,29)/t16-,17-,19-/m1/s1. The summed E-state index contributed by atoms with van der Waals surface area (Å²) in [7, 11) is 0. The van der Waals surface area contributed by atoms with Gasteiger partial charge in [0, 0.05) is 31.7 Å². The first-order valence-electron chi connectivity index (χ1n) is 11.2. The topological polar surface area (TPSA) is 44.3 Å². The van der Waals surface area contributed by atoms with Crippen LogP contribution in [0.25, 0.3) is 0 Å². The minimum atomic E-state index is -0.403. The van der Waals surface area contributed by atoms with Gasteiger partial charge in [0.1, 0.15) is 0 Å². The van der Waals surface area contributed by atoms with Gasteiger partial charge < -0.3 is 10.2 Å². The summed E-state index contributed by atoms with van der Waals surface area (Å²) in [5.74, 6) is 0.888. The Balaban J connectivity index is 1.20. The second-order valence-electron chi connectivity index (χ2n) is 8.79. The van der Waals surface area contributed by atoms with Gasteiger partial charge in [-0.2, -0.15) is 0 Å². The number of anilines is 2. The fourth-order valence-electron chi connectivity index (χ4n) is 4.84. The molecule has 1 aromatic heterocycles. The summed E-state index contributed by atoms with van der Waals surface area (Å²) in [5.41, 5.74) is 1.04. The maximum absolute atomic E-state index is 12.9. The van der Waals surface area contributed by atoms with Crippen molar-refractivity contribution < 1.29 is 4.39 Å². The molecular formula is C23H30Cl2FN5. The molecule has 2 aromatic rings. The molecule has 4 rings (SSSR count). The van der Waals surface area contributed by atoms with Gasteiger partial charge in [0.15, 0.2) is 5.82 Å². The van der Waals surface area contributed by atoms with Crippen LogP contribution in [-0.4, -0.2) is 53.1 Å². The predicted molar refractivity (Wildman–Crippen MR) is 126 cm³/mol. The first kappa shape index (κ1) is 22.6. The average molecular weight is 466 g/mol. The number of aromatic nitrogens is 2. The van der Waals surface area contributed by atoms with Gasteiger partial charge in [0.2, 0.25) is 5.95 Å². The SMILES string of the molecule is C[C@@H]1CN(CC[C@H]2CC[C@H](Nc3ncc(F)cn3)CC2)CCN1c1cccc(Cl)c1Cl. The Morgan fingerprint density at radius 3 is 2.55 bits per heavy atom. The minimum absolute atomic E-state index is 0.382. The monoisotopic (exact) mass is 465 g/mol. The molecule has 0 unspecified atom stereocenters. The van der Waals surface area contributed by atoms with Crippen LogP contribution < -0.4 is 10.2 Å². The number of hydrogen-bond acceptors (Lipinski definition) is 5. The maximum Gasteiger partial charge on any atom is 0.222 e. The normalized spacial score (nSPS) is 24.9. The lowest BCUT2D eigenvalue weighted by Gasteiger charge is -2.42. The van der Waals surface area contributed by atoms with E-state index in [2.05, 4.69) is 38.1 Å². The van der Waals surface area contributed by atoms with Crippen LogP contribution in [0.1, 0.15) is 39.0 Å². The van der Waals surface area contributed by atoms with Crippen LogP contribution in [0.3, 0.4) is 0 Å². The van der Waals surface area contributed by atoms with E-state index in [1.165, 1.54) is 31.7 Å². The Bertz CT molecular complexity index is 858. The molecule has 168 valence electrons. The van der Waals surface area contributed by atoms with Crippen LogP contribution in [0.4, 0.5) is 16.0 Å². The fourth-order valence-corrected chi connectivity index (χ4v) is 5.24. The quantitative estimate of drug-likeness (QED) is 0.610. The summed E-state index contributed by atoms with van der Waals surface area (Å²) in [6.07, 6.45) is 8.32. The Hall–Kier alpha value is -1.63. The summed E-state index contributed by atoms with van der Waals surface area (Å²) in [6.45, 7) is 6.46. The Labute approximate surface area is 194 Å². The highest BCUT2D eigenvalue weighted by Gasteiger charge is 2.27. The third-order valence-electron chi connectivity index (χ3n) is 6.61. The largest absolute Gasteiger partial charge is 0.365 e. The second kappa shape index (κ2) is 10.3. The smallest absolute Gasteiger partial charge is 0.222 e. The van der Waals surface area contributed by atoms with Crippen molar-refractivity contribution in [3.8, 4) is 0 Å². The Morgan fingerprint density at radius 1 is 1.10 bits per heavy atom. The number of benzene rings is 1. The molecule has 1 atom stereocenters. The zero-order chi connectivity index (χ0) is 21.8. The number of nitrogens with one attached hydrogen (secondary N) is 1. The molecule has 1 saturated carbocycles. The molecule has 1 saturated heterocycles. The van der Waals surface area contributed by atoms with Crippen molar-refractivity contribution >= 4 is 34.8 Å². The van der Waals surface area contributed by atoms with E-state index in [0.29, 0.717) is 28.1 Å². The maximum atomic E-state index is 12.9. The number of halogens is 3. The van der Waals surface area contributed by atoms with Gasteiger partial charge in [-0.05, 0) is 63.6 Å². The summed E-state index contributed by atoms with van der Waals surface area (Å²) in [5, 5.41) is 4.61. The van der Waals surface area contributed by atoms with E-state index in [4.69, 9.17) is 23.2 Å². The molecule has 1 aliphatic carbocycles. The zero-order valence-electron chi connectivity index (χ0n) is 17.9. The summed E-state index contributed by atoms with van der Waals surface area (Å²) < 4.78 is 12.9. The average Bonchev–Trinajstić information content (AvgIpc) is 2.77. The lowest BCUT2D eigenvalue weighted by Crippen LogP contribution is -2.52. The molecule has 5 nitrogen and oxygen atoms in total. The molecule has 2 heterocycles. The van der Waals surface area contributed by atoms with Crippen LogP contribution in [-0.2, 0) is 0 Å². The first-order valence-corrected chi connectivity index (χ1v) is 11.9. The van der Waals surface area contributed by atoms with Crippen molar-refractivity contribution in [3.63, 3.8) is 0 Å². The first-order chi connectivity index (χ1) is 15.0. The summed E-state index contributed by atoms with van der Waals surface area (Å²) >= 11 is 12.7. The molecule has 2 fully saturated rings. The molecule has 1 N–H and O–H groups in total. The van der Waals surface area contributed by atoms with E-state index in [0.717, 1.165) is 50.6 Å². The predicted octanol–water partition coefficient (Wildman–Crippen LogP) is 5.49. The van der Waals surface area contributed by atoms with E-state index in [1.807, 2.05) is 12.1 Å². The highest BCUT2D eigenvalue weighted by molar-refractivity contribution is 6.43. The Kier molecular flexibility index (Phi) is 7.51. The molecule has 2 aliphatic rings. The van der Waals surface area contributed by atoms with Crippen molar-refractivity contribution in [2.24, 2.45) is 5.92 Å². The highest BCUT2D eigenvalue weighted by Crippen LogP contribution is 2.34. The summed E-state index contributed by atoms with van der Waals surface area (Å²) in [6, 6.07) is 6.65. The van der Waals surface area contributed by atoms with Gasteiger partial charge in [0.25, 0.3) is 0 Å². The van der Waals surface area contributed by atoms with Gasteiger partial charge in [-0.25, -0.2) is 14.4 Å². The highest BCUT2D eigenvalue weighted by atomic mass is 35.5. The van der Waals surface area contributed by atoms with E-state index >= 15 is 0 Å². The summed E-state index contributed by atoms with van der Waals surface area (Å²) in [4.78, 5) is 13.0. The third kappa shape index (κ3) is 5.79. The van der Waals surface area contributed by atoms with E-state index in [1.54, 1.807) is 0 Å². The van der Waals surface area contributed by atoms with Crippen LogP contribution >= 0.6 is 23.2 Å². The number of piperazine rings is 1. The van der Waals surface area contributed by atoms with Crippen LogP contribution in [0.5, 0.6) is 0 Å². The number of hydrogen-bond donors (Lipinski definition) is 1. The molecule has 0 spiro atoms. The molecule has 0 bridgehead atoms. The molecule has 1 aliphatic heterocycles. The van der Waals surface area contributed by atoms with Crippen molar-refractivity contribution in [3.05, 3.63) is 46.5 Å². The van der Waals surface area contributed by atoms with Crippen molar-refractivity contribution in [2.75, 3.05) is 36.4 Å². The lowest BCUT2D eigenvalue weighted by atomic mass is 9.84. The van der Waals surface area contributed by atoms with Gasteiger partial charge in [0.05, 0.1) is 28.1 Å². The molecular weight excluding hydrogens is 436 g/mol. The van der Waals surface area contributed by atoms with Crippen LogP contribution in [0.2, 0.25) is 10.0 Å². The molecule has 31 heavy (non-hydrogen) atoms. The molecule has 1 aromatic carbocycles. The van der Waals surface area contributed by atoms with E-state index < -0.39 is 5.82 Å². The third-order valence-corrected chi connectivity index (χ3v) is 7.42. The van der Waals surface area contributed by atoms with E-state index in [-0.39, 0.29) is 0 Å². The fraction of sp³-hybridized carbons (Fsp3) is 0.565. The second-order valence-corrected chi connectivity index (χ2v) is 9.58. The Morgan fingerprint density at radius 2 is 1.84 bits per heavy atom. The van der Waals surface area contributed by atoms with E-state index in [9.17, 15) is 4.39 Å². The molecule has 0 radical (unpaired) electrons. The van der Waals surface area contributed by atoms with Crippen LogP contribution in [0, 0.1) is 11.7 Å². The molecule has 8 heteroatoms. The van der Waals surface area contributed by atoms with Gasteiger partial charge in [-0.3, -0.25) is 4.90 Å². The van der Waals surface area contributed by atoms with Crippen molar-refractivity contribution in [2.45, 2.75) is 51.1 Å². The zero-order valence-corrected chi connectivity index (χ0v) is 19.4. The molecule has 0 amide bonds. The minimum Gasteiger partial charge on any atom is -0.365 e. The van der Waals surface area contributed by atoms with Crippen LogP contribution in [0.15, 0.2) is 30.6 Å². The van der Waals surface area contributed by atoms with Gasteiger partial charge >= 0.3 is 0 Å².